The average molecular weight is 258 g/mol. The first kappa shape index (κ1) is 14.1. The fourth-order valence-corrected chi connectivity index (χ4v) is 3.06. The monoisotopic (exact) mass is 258 g/mol. The van der Waals surface area contributed by atoms with Crippen molar-refractivity contribution < 1.29 is 0 Å². The van der Waals surface area contributed by atoms with Gasteiger partial charge in [-0.25, -0.2) is 0 Å². The van der Waals surface area contributed by atoms with Gasteiger partial charge in [0.25, 0.3) is 0 Å². The van der Waals surface area contributed by atoms with Crippen LogP contribution < -0.4 is 5.73 Å². The molecule has 0 amide bonds. The van der Waals surface area contributed by atoms with Gasteiger partial charge in [0.1, 0.15) is 0 Å². The van der Waals surface area contributed by atoms with Crippen molar-refractivity contribution in [2.45, 2.75) is 40.0 Å². The molecule has 1 unspecified atom stereocenters. The lowest BCUT2D eigenvalue weighted by Gasteiger charge is -2.20. The number of rotatable bonds is 4. The first-order valence-electron chi connectivity index (χ1n) is 7.29. The van der Waals surface area contributed by atoms with E-state index in [1.807, 2.05) is 0 Å². The second-order valence-electron chi connectivity index (χ2n) is 5.85. The fourth-order valence-electron chi connectivity index (χ4n) is 3.06. The van der Waals surface area contributed by atoms with Crippen LogP contribution in [0, 0.1) is 12.8 Å². The first-order chi connectivity index (χ1) is 9.01. The van der Waals surface area contributed by atoms with Gasteiger partial charge in [-0.3, -0.25) is 0 Å². The topological polar surface area (TPSA) is 30.9 Å². The van der Waals surface area contributed by atoms with Crippen molar-refractivity contribution >= 4 is 10.9 Å². The lowest BCUT2D eigenvalue weighted by Crippen LogP contribution is -2.18. The molecule has 2 N–H and O–H groups in total. The molecule has 0 saturated carbocycles. The summed E-state index contributed by atoms with van der Waals surface area (Å²) in [5.74, 6) is 1.01. The summed E-state index contributed by atoms with van der Waals surface area (Å²) in [7, 11) is 2.15. The smallest absolute Gasteiger partial charge is 0.0482 e. The predicted molar refractivity (Wildman–Crippen MR) is 83.7 cm³/mol. The minimum absolute atomic E-state index is 0.441. The molecule has 2 rings (SSSR count). The van der Waals surface area contributed by atoms with Gasteiger partial charge in [0, 0.05) is 29.6 Å². The van der Waals surface area contributed by atoms with Gasteiger partial charge < -0.3 is 10.3 Å². The van der Waals surface area contributed by atoms with Gasteiger partial charge in [-0.15, -0.1) is 0 Å². The Balaban J connectivity index is 2.74. The number of aryl methyl sites for hydroxylation is 2. The number of hydrogen-bond acceptors (Lipinski definition) is 1. The van der Waals surface area contributed by atoms with E-state index in [1.165, 1.54) is 27.7 Å². The van der Waals surface area contributed by atoms with E-state index in [1.54, 1.807) is 0 Å². The molecule has 1 aromatic heterocycles. The van der Waals surface area contributed by atoms with Crippen molar-refractivity contribution in [3.8, 4) is 0 Å². The normalized spacial score (nSPS) is 13.4. The van der Waals surface area contributed by atoms with E-state index in [4.69, 9.17) is 5.73 Å². The van der Waals surface area contributed by atoms with Crippen molar-refractivity contribution in [3.05, 3.63) is 35.0 Å². The van der Waals surface area contributed by atoms with E-state index < -0.39 is 0 Å². The van der Waals surface area contributed by atoms with Crippen LogP contribution >= 0.6 is 0 Å². The molecule has 0 spiro atoms. The lowest BCUT2D eigenvalue weighted by molar-refractivity contribution is 0.506. The summed E-state index contributed by atoms with van der Waals surface area (Å²) in [4.78, 5) is 0. The summed E-state index contributed by atoms with van der Waals surface area (Å²) in [6.07, 6.45) is 1.08. The van der Waals surface area contributed by atoms with Gasteiger partial charge >= 0.3 is 0 Å². The average Bonchev–Trinajstić information content (AvgIpc) is 2.64. The molecule has 1 heterocycles. The van der Waals surface area contributed by atoms with Crippen LogP contribution in [0.2, 0.25) is 0 Å². The van der Waals surface area contributed by atoms with Gasteiger partial charge in [-0.05, 0) is 49.1 Å². The van der Waals surface area contributed by atoms with Crippen molar-refractivity contribution in [1.29, 1.82) is 0 Å². The first-order valence-corrected chi connectivity index (χ1v) is 7.29. The van der Waals surface area contributed by atoms with Crippen LogP contribution in [0.1, 0.15) is 43.5 Å². The van der Waals surface area contributed by atoms with Crippen molar-refractivity contribution in [3.63, 3.8) is 0 Å². The maximum absolute atomic E-state index is 6.04. The minimum Gasteiger partial charge on any atom is -0.348 e. The summed E-state index contributed by atoms with van der Waals surface area (Å²) in [5.41, 5.74) is 11.6. The summed E-state index contributed by atoms with van der Waals surface area (Å²) >= 11 is 0. The standard InChI is InChI=1S/C17H26N2/c1-6-13-7-8-16-14(9-13)17(12(4)19(16)5)15(10-18)11(2)3/h7-9,11,15H,6,10,18H2,1-5H3. The van der Waals surface area contributed by atoms with Gasteiger partial charge in [0.05, 0.1) is 0 Å². The molecular weight excluding hydrogens is 232 g/mol. The number of fused-ring (bicyclic) bond motifs is 1. The lowest BCUT2D eigenvalue weighted by atomic mass is 9.86. The highest BCUT2D eigenvalue weighted by Gasteiger charge is 2.22. The maximum Gasteiger partial charge on any atom is 0.0482 e. The van der Waals surface area contributed by atoms with E-state index in [-0.39, 0.29) is 0 Å². The highest BCUT2D eigenvalue weighted by atomic mass is 14.9. The molecule has 0 aliphatic carbocycles. The van der Waals surface area contributed by atoms with Crippen LogP contribution in [-0.4, -0.2) is 11.1 Å². The molecule has 1 aromatic carbocycles. The SMILES string of the molecule is CCc1ccc2c(c1)c(C(CN)C(C)C)c(C)n2C. The van der Waals surface area contributed by atoms with Crippen molar-refractivity contribution in [1.82, 2.24) is 4.57 Å². The minimum atomic E-state index is 0.441. The van der Waals surface area contributed by atoms with E-state index in [9.17, 15) is 0 Å². The Labute approximate surface area is 116 Å². The molecule has 0 aliphatic heterocycles. The van der Waals surface area contributed by atoms with Gasteiger partial charge in [0.15, 0.2) is 0 Å². The third-order valence-corrected chi connectivity index (χ3v) is 4.44. The number of benzene rings is 1. The molecule has 104 valence electrons. The van der Waals surface area contributed by atoms with Crippen LogP contribution in [0.25, 0.3) is 10.9 Å². The van der Waals surface area contributed by atoms with E-state index >= 15 is 0 Å². The zero-order valence-electron chi connectivity index (χ0n) is 12.8. The van der Waals surface area contributed by atoms with Crippen LogP contribution in [0.15, 0.2) is 18.2 Å². The molecular formula is C17H26N2. The Morgan fingerprint density at radius 2 is 1.95 bits per heavy atom. The van der Waals surface area contributed by atoms with Crippen LogP contribution in [0.5, 0.6) is 0 Å². The van der Waals surface area contributed by atoms with Gasteiger partial charge in [-0.2, -0.15) is 0 Å². The number of nitrogens with two attached hydrogens (primary N) is 1. The van der Waals surface area contributed by atoms with Crippen LogP contribution in [0.4, 0.5) is 0 Å². The van der Waals surface area contributed by atoms with Gasteiger partial charge in [0.2, 0.25) is 0 Å². The van der Waals surface area contributed by atoms with E-state index in [0.29, 0.717) is 18.4 Å². The molecule has 0 bridgehead atoms. The predicted octanol–water partition coefficient (Wildman–Crippen LogP) is 3.75. The Morgan fingerprint density at radius 3 is 2.47 bits per heavy atom. The molecule has 2 aromatic rings. The number of nitrogens with zero attached hydrogens (tertiary/aromatic N) is 1. The fraction of sp³-hybridized carbons (Fsp3) is 0.529. The largest absolute Gasteiger partial charge is 0.348 e. The Kier molecular flexibility index (Phi) is 4.00. The van der Waals surface area contributed by atoms with Gasteiger partial charge in [-0.1, -0.05) is 26.8 Å². The molecule has 0 saturated heterocycles. The Hall–Kier alpha value is -1.28. The third-order valence-electron chi connectivity index (χ3n) is 4.44. The van der Waals surface area contributed by atoms with Crippen molar-refractivity contribution in [2.24, 2.45) is 18.7 Å². The molecule has 2 heteroatoms. The number of aromatic nitrogens is 1. The Morgan fingerprint density at radius 1 is 1.26 bits per heavy atom. The highest BCUT2D eigenvalue weighted by Crippen LogP contribution is 2.35. The summed E-state index contributed by atoms with van der Waals surface area (Å²) in [6, 6.07) is 6.83. The quantitative estimate of drug-likeness (QED) is 0.889. The zero-order chi connectivity index (χ0) is 14.2. The second-order valence-corrected chi connectivity index (χ2v) is 5.85. The molecule has 1 atom stereocenters. The summed E-state index contributed by atoms with van der Waals surface area (Å²) < 4.78 is 2.30. The zero-order valence-corrected chi connectivity index (χ0v) is 12.8. The van der Waals surface area contributed by atoms with Crippen molar-refractivity contribution in [2.75, 3.05) is 6.54 Å². The number of hydrogen-bond donors (Lipinski definition) is 1. The molecule has 0 fully saturated rings. The summed E-state index contributed by atoms with van der Waals surface area (Å²) in [6.45, 7) is 9.67. The second kappa shape index (κ2) is 5.38. The summed E-state index contributed by atoms with van der Waals surface area (Å²) in [5, 5.41) is 1.39. The Bertz CT molecular complexity index is 578. The maximum atomic E-state index is 6.04. The highest BCUT2D eigenvalue weighted by molar-refractivity contribution is 5.86. The van der Waals surface area contributed by atoms with E-state index in [0.717, 1.165) is 6.42 Å². The molecule has 0 radical (unpaired) electrons. The molecule has 2 nitrogen and oxygen atoms in total. The molecule has 19 heavy (non-hydrogen) atoms. The van der Waals surface area contributed by atoms with Crippen LogP contribution in [0.3, 0.4) is 0 Å². The molecule has 0 aliphatic rings. The van der Waals surface area contributed by atoms with E-state index in [2.05, 4.69) is 57.5 Å². The third kappa shape index (κ3) is 2.30. The van der Waals surface area contributed by atoms with Crippen LogP contribution in [-0.2, 0) is 13.5 Å².